The highest BCUT2D eigenvalue weighted by molar-refractivity contribution is 7.98. The average Bonchev–Trinajstić information content (AvgIpc) is 3.18. The van der Waals surface area contributed by atoms with Crippen LogP contribution in [0.1, 0.15) is 11.1 Å². The Morgan fingerprint density at radius 3 is 2.22 bits per heavy atom. The smallest absolute Gasteiger partial charge is 0.231 e. The van der Waals surface area contributed by atoms with Gasteiger partial charge in [0, 0.05) is 44.2 Å². The van der Waals surface area contributed by atoms with Gasteiger partial charge in [-0.2, -0.15) is 0 Å². The molecule has 0 N–H and O–H groups in total. The number of piperazine rings is 1. The van der Waals surface area contributed by atoms with Crippen LogP contribution in [-0.2, 0) is 13.1 Å². The van der Waals surface area contributed by atoms with E-state index in [1.54, 1.807) is 18.9 Å². The predicted molar refractivity (Wildman–Crippen MR) is 108 cm³/mol. The van der Waals surface area contributed by atoms with Gasteiger partial charge in [0.15, 0.2) is 11.5 Å². The summed E-state index contributed by atoms with van der Waals surface area (Å²) in [5.74, 6) is 2.27. The van der Waals surface area contributed by atoms with Crippen molar-refractivity contribution in [2.24, 2.45) is 0 Å². The van der Waals surface area contributed by atoms with Gasteiger partial charge in [0.2, 0.25) is 12.5 Å². The van der Waals surface area contributed by atoms with E-state index in [4.69, 9.17) is 14.2 Å². The minimum Gasteiger partial charge on any atom is -0.493 e. The quantitative estimate of drug-likeness (QED) is 0.708. The first-order valence-corrected chi connectivity index (χ1v) is 10.5. The van der Waals surface area contributed by atoms with Gasteiger partial charge >= 0.3 is 0 Å². The van der Waals surface area contributed by atoms with Gasteiger partial charge in [0.1, 0.15) is 0 Å². The van der Waals surface area contributed by atoms with Crippen LogP contribution in [0.4, 0.5) is 0 Å². The normalized spacial score (nSPS) is 17.3. The second kappa shape index (κ2) is 8.42. The molecular formula is C21H26N2O3S. The van der Waals surface area contributed by atoms with Crippen molar-refractivity contribution in [3.8, 4) is 17.2 Å². The van der Waals surface area contributed by atoms with E-state index in [9.17, 15) is 0 Å². The standard InChI is InChI=1S/C21H26N2O3S/c1-24-19-11-17(12-20-21(19)26-15-25-20)14-23-9-7-22(8-10-23)13-16-3-5-18(27-2)6-4-16/h3-6,11-12H,7-10,13-15H2,1-2H3. The van der Waals surface area contributed by atoms with E-state index >= 15 is 0 Å². The van der Waals surface area contributed by atoms with E-state index in [1.807, 2.05) is 0 Å². The van der Waals surface area contributed by atoms with E-state index in [2.05, 4.69) is 52.5 Å². The first kappa shape index (κ1) is 18.5. The van der Waals surface area contributed by atoms with Gasteiger partial charge in [0.05, 0.1) is 7.11 Å². The number of hydrogen-bond acceptors (Lipinski definition) is 6. The molecule has 0 aromatic heterocycles. The van der Waals surface area contributed by atoms with Crippen molar-refractivity contribution in [3.05, 3.63) is 47.5 Å². The molecule has 4 rings (SSSR count). The number of ether oxygens (including phenoxy) is 3. The van der Waals surface area contributed by atoms with Gasteiger partial charge in [-0.15, -0.1) is 11.8 Å². The van der Waals surface area contributed by atoms with Crippen LogP contribution >= 0.6 is 11.8 Å². The number of methoxy groups -OCH3 is 1. The van der Waals surface area contributed by atoms with Crippen LogP contribution in [0.25, 0.3) is 0 Å². The molecule has 27 heavy (non-hydrogen) atoms. The summed E-state index contributed by atoms with van der Waals surface area (Å²) >= 11 is 1.79. The Hall–Kier alpha value is -1.89. The van der Waals surface area contributed by atoms with Gasteiger partial charge in [-0.25, -0.2) is 0 Å². The zero-order chi connectivity index (χ0) is 18.6. The monoisotopic (exact) mass is 386 g/mol. The minimum atomic E-state index is 0.270. The Morgan fingerprint density at radius 2 is 1.59 bits per heavy atom. The van der Waals surface area contributed by atoms with E-state index in [0.29, 0.717) is 0 Å². The first-order valence-electron chi connectivity index (χ1n) is 9.29. The van der Waals surface area contributed by atoms with Crippen molar-refractivity contribution in [3.63, 3.8) is 0 Å². The summed E-state index contributed by atoms with van der Waals surface area (Å²) in [6, 6.07) is 13.1. The molecule has 0 saturated carbocycles. The van der Waals surface area contributed by atoms with Crippen LogP contribution in [0.3, 0.4) is 0 Å². The third-order valence-corrected chi connectivity index (χ3v) is 5.90. The first-order chi connectivity index (χ1) is 13.2. The highest BCUT2D eigenvalue weighted by Gasteiger charge is 2.22. The number of fused-ring (bicyclic) bond motifs is 1. The molecular weight excluding hydrogens is 360 g/mol. The molecule has 0 atom stereocenters. The van der Waals surface area contributed by atoms with Crippen LogP contribution in [-0.4, -0.2) is 56.1 Å². The number of thioether (sulfide) groups is 1. The molecule has 2 aliphatic heterocycles. The number of hydrogen-bond donors (Lipinski definition) is 0. The molecule has 0 bridgehead atoms. The molecule has 2 aliphatic rings. The molecule has 0 radical (unpaired) electrons. The maximum Gasteiger partial charge on any atom is 0.231 e. The Kier molecular flexibility index (Phi) is 5.76. The Balaban J connectivity index is 1.32. The van der Waals surface area contributed by atoms with Crippen LogP contribution in [0, 0.1) is 0 Å². The molecule has 1 fully saturated rings. The van der Waals surface area contributed by atoms with Gasteiger partial charge in [-0.05, 0) is 41.6 Å². The molecule has 1 saturated heterocycles. The van der Waals surface area contributed by atoms with E-state index in [-0.39, 0.29) is 6.79 Å². The van der Waals surface area contributed by atoms with Crippen LogP contribution in [0.2, 0.25) is 0 Å². The van der Waals surface area contributed by atoms with Gasteiger partial charge in [-0.1, -0.05) is 12.1 Å². The highest BCUT2D eigenvalue weighted by Crippen LogP contribution is 2.42. The lowest BCUT2D eigenvalue weighted by Gasteiger charge is -2.34. The maximum absolute atomic E-state index is 5.54. The van der Waals surface area contributed by atoms with Crippen molar-refractivity contribution in [2.45, 2.75) is 18.0 Å². The van der Waals surface area contributed by atoms with Crippen LogP contribution in [0.15, 0.2) is 41.3 Å². The molecule has 0 aliphatic carbocycles. The third kappa shape index (κ3) is 4.34. The summed E-state index contributed by atoms with van der Waals surface area (Å²) in [6.07, 6.45) is 2.12. The van der Waals surface area contributed by atoms with Gasteiger partial charge in [0.25, 0.3) is 0 Å². The fourth-order valence-corrected chi connectivity index (χ4v) is 4.04. The Labute approximate surface area is 165 Å². The number of nitrogens with zero attached hydrogens (tertiary/aromatic N) is 2. The van der Waals surface area contributed by atoms with E-state index < -0.39 is 0 Å². The molecule has 0 spiro atoms. The summed E-state index contributed by atoms with van der Waals surface area (Å²) < 4.78 is 16.5. The SMILES string of the molecule is COc1cc(CN2CCN(Cc3ccc(SC)cc3)CC2)cc2c1OCO2. The molecule has 6 heteroatoms. The van der Waals surface area contributed by atoms with Crippen molar-refractivity contribution < 1.29 is 14.2 Å². The predicted octanol–water partition coefficient (Wildman–Crippen LogP) is 3.46. The van der Waals surface area contributed by atoms with E-state index in [0.717, 1.165) is 56.5 Å². The lowest BCUT2D eigenvalue weighted by Crippen LogP contribution is -2.45. The lowest BCUT2D eigenvalue weighted by atomic mass is 10.1. The van der Waals surface area contributed by atoms with Crippen LogP contribution < -0.4 is 14.2 Å². The third-order valence-electron chi connectivity index (χ3n) is 5.15. The summed E-state index contributed by atoms with van der Waals surface area (Å²) in [5, 5.41) is 0. The Morgan fingerprint density at radius 1 is 0.926 bits per heavy atom. The maximum atomic E-state index is 5.54. The summed E-state index contributed by atoms with van der Waals surface area (Å²) in [5.41, 5.74) is 2.60. The molecule has 2 aromatic rings. The zero-order valence-electron chi connectivity index (χ0n) is 15.9. The number of benzene rings is 2. The van der Waals surface area contributed by atoms with Crippen molar-refractivity contribution in [1.82, 2.24) is 9.80 Å². The molecule has 0 amide bonds. The van der Waals surface area contributed by atoms with Crippen molar-refractivity contribution in [1.29, 1.82) is 0 Å². The second-order valence-corrected chi connectivity index (χ2v) is 7.81. The zero-order valence-corrected chi connectivity index (χ0v) is 16.8. The molecule has 5 nitrogen and oxygen atoms in total. The fourth-order valence-electron chi connectivity index (χ4n) is 3.63. The van der Waals surface area contributed by atoms with Crippen molar-refractivity contribution >= 4 is 11.8 Å². The van der Waals surface area contributed by atoms with Gasteiger partial charge in [-0.3, -0.25) is 9.80 Å². The van der Waals surface area contributed by atoms with Crippen molar-refractivity contribution in [2.75, 3.05) is 46.3 Å². The largest absolute Gasteiger partial charge is 0.493 e. The van der Waals surface area contributed by atoms with E-state index in [1.165, 1.54) is 16.0 Å². The molecule has 144 valence electrons. The highest BCUT2D eigenvalue weighted by atomic mass is 32.2. The van der Waals surface area contributed by atoms with Gasteiger partial charge < -0.3 is 14.2 Å². The fraction of sp³-hybridized carbons (Fsp3) is 0.429. The second-order valence-electron chi connectivity index (χ2n) is 6.93. The topological polar surface area (TPSA) is 34.2 Å². The minimum absolute atomic E-state index is 0.270. The summed E-state index contributed by atoms with van der Waals surface area (Å²) in [4.78, 5) is 6.34. The number of rotatable bonds is 6. The molecule has 0 unspecified atom stereocenters. The van der Waals surface area contributed by atoms with Crippen LogP contribution in [0.5, 0.6) is 17.2 Å². The lowest BCUT2D eigenvalue weighted by molar-refractivity contribution is 0.122. The summed E-state index contributed by atoms with van der Waals surface area (Å²) in [7, 11) is 1.67. The molecule has 2 aromatic carbocycles. The molecule has 2 heterocycles. The average molecular weight is 387 g/mol. The Bertz CT molecular complexity index is 774. The summed E-state index contributed by atoms with van der Waals surface area (Å²) in [6.45, 7) is 6.52.